The van der Waals surface area contributed by atoms with Crippen molar-refractivity contribution in [3.05, 3.63) is 12.7 Å². The summed E-state index contributed by atoms with van der Waals surface area (Å²) in [7, 11) is -4.61. The molecule has 14 heteroatoms. The van der Waals surface area contributed by atoms with Gasteiger partial charge in [-0.15, -0.1) is 0 Å². The molecule has 0 aromatic heterocycles. The second-order valence-corrected chi connectivity index (χ2v) is 6.93. The SMILES string of the molecule is C=CC(=O)OCCS(=O)(=O)CCC(F)(F)C(F)(F)C(F)(F)C(F)(F)F. The maximum atomic E-state index is 13.2. The van der Waals surface area contributed by atoms with Crippen LogP contribution in [0.15, 0.2) is 12.7 Å². The molecule has 0 N–H and O–H groups in total. The van der Waals surface area contributed by atoms with Crippen molar-refractivity contribution in [2.45, 2.75) is 30.4 Å². The molecule has 0 saturated heterocycles. The van der Waals surface area contributed by atoms with Gasteiger partial charge in [-0.25, -0.2) is 13.2 Å². The molecule has 0 unspecified atom stereocenters. The average molecular weight is 410 g/mol. The Kier molecular flexibility index (Phi) is 6.98. The van der Waals surface area contributed by atoms with E-state index in [1.165, 1.54) is 0 Å². The smallest absolute Gasteiger partial charge is 0.460 e. The molecule has 4 nitrogen and oxygen atoms in total. The maximum Gasteiger partial charge on any atom is 0.460 e. The van der Waals surface area contributed by atoms with E-state index in [0.717, 1.165) is 0 Å². The van der Waals surface area contributed by atoms with Gasteiger partial charge >= 0.3 is 29.9 Å². The second kappa shape index (κ2) is 7.41. The van der Waals surface area contributed by atoms with Crippen molar-refractivity contribution in [3.63, 3.8) is 0 Å². The van der Waals surface area contributed by atoms with Crippen LogP contribution in [0.5, 0.6) is 0 Å². The van der Waals surface area contributed by atoms with E-state index in [-0.39, 0.29) is 0 Å². The Morgan fingerprint density at radius 1 is 0.920 bits per heavy atom. The van der Waals surface area contributed by atoms with Crippen molar-refractivity contribution in [2.75, 3.05) is 18.1 Å². The summed E-state index contributed by atoms with van der Waals surface area (Å²) in [5.74, 6) is -24.0. The molecule has 0 rings (SSSR count). The van der Waals surface area contributed by atoms with Crippen LogP contribution in [0.25, 0.3) is 0 Å². The van der Waals surface area contributed by atoms with E-state index < -0.39 is 64.3 Å². The Bertz CT molecular complexity index is 595. The summed E-state index contributed by atoms with van der Waals surface area (Å²) in [4.78, 5) is 10.6. The van der Waals surface area contributed by atoms with E-state index in [4.69, 9.17) is 0 Å². The molecule has 0 radical (unpaired) electrons. The number of esters is 1. The Balaban J connectivity index is 5.08. The molecule has 0 fully saturated rings. The third-order valence-corrected chi connectivity index (χ3v) is 4.36. The highest BCUT2D eigenvalue weighted by Crippen LogP contribution is 2.54. The first-order valence-corrected chi connectivity index (χ1v) is 7.93. The minimum absolute atomic E-state index is 0.626. The highest BCUT2D eigenvalue weighted by molar-refractivity contribution is 7.91. The molecule has 0 atom stereocenters. The first kappa shape index (κ1) is 23.5. The molecule has 148 valence electrons. The maximum absolute atomic E-state index is 13.2. The van der Waals surface area contributed by atoms with Crippen molar-refractivity contribution in [1.29, 1.82) is 0 Å². The fraction of sp³-hybridized carbons (Fsp3) is 0.727. The number of sulfone groups is 1. The van der Waals surface area contributed by atoms with Gasteiger partial charge in [0, 0.05) is 12.5 Å². The highest BCUT2D eigenvalue weighted by atomic mass is 32.2. The van der Waals surface area contributed by atoms with Gasteiger partial charge in [0.1, 0.15) is 6.61 Å². The lowest BCUT2D eigenvalue weighted by Crippen LogP contribution is -2.61. The van der Waals surface area contributed by atoms with Crippen LogP contribution in [0.1, 0.15) is 6.42 Å². The molecule has 25 heavy (non-hydrogen) atoms. The number of alkyl halides is 9. The van der Waals surface area contributed by atoms with Gasteiger partial charge < -0.3 is 4.74 Å². The number of hydrogen-bond acceptors (Lipinski definition) is 4. The lowest BCUT2D eigenvalue weighted by atomic mass is 10.0. The molecular weight excluding hydrogens is 399 g/mol. The summed E-state index contributed by atoms with van der Waals surface area (Å²) in [6, 6.07) is 0. The predicted molar refractivity (Wildman–Crippen MR) is 65.3 cm³/mol. The standard InChI is InChI=1S/C11H11F9O4S/c1-2-7(21)24-4-6-25(22,23)5-3-8(12,13)9(14,15)10(16,17)11(18,19)20/h2H,1,3-6H2. The summed E-state index contributed by atoms with van der Waals surface area (Å²) in [5, 5.41) is 0. The van der Waals surface area contributed by atoms with E-state index in [2.05, 4.69) is 11.3 Å². The van der Waals surface area contributed by atoms with E-state index in [0.29, 0.717) is 6.08 Å². The van der Waals surface area contributed by atoms with Crippen molar-refractivity contribution >= 4 is 15.8 Å². The van der Waals surface area contributed by atoms with E-state index >= 15 is 0 Å². The second-order valence-electron chi connectivity index (χ2n) is 4.62. The van der Waals surface area contributed by atoms with Gasteiger partial charge in [-0.2, -0.15) is 39.5 Å². The zero-order chi connectivity index (χ0) is 20.3. The Hall–Kier alpha value is -1.47. The predicted octanol–water partition coefficient (Wildman–Crippen LogP) is 2.99. The minimum Gasteiger partial charge on any atom is -0.461 e. The molecule has 0 aliphatic carbocycles. The van der Waals surface area contributed by atoms with Crippen molar-refractivity contribution in [3.8, 4) is 0 Å². The third-order valence-electron chi connectivity index (χ3n) is 2.74. The number of carbonyl (C=O) groups is 1. The van der Waals surface area contributed by atoms with Crippen molar-refractivity contribution in [2.24, 2.45) is 0 Å². The van der Waals surface area contributed by atoms with Gasteiger partial charge in [0.15, 0.2) is 9.84 Å². The zero-order valence-corrected chi connectivity index (χ0v) is 12.9. The Morgan fingerprint density at radius 2 is 1.40 bits per heavy atom. The van der Waals surface area contributed by atoms with Crippen LogP contribution in [0.2, 0.25) is 0 Å². The van der Waals surface area contributed by atoms with Gasteiger partial charge in [0.2, 0.25) is 0 Å². The first-order chi connectivity index (χ1) is 10.9. The number of hydrogen-bond donors (Lipinski definition) is 0. The summed E-state index contributed by atoms with van der Waals surface area (Å²) in [6.07, 6.45) is -8.85. The van der Waals surface area contributed by atoms with Crippen LogP contribution in [0.3, 0.4) is 0 Å². The molecule has 0 aromatic rings. The summed E-state index contributed by atoms with van der Waals surface area (Å²) in [6.45, 7) is 2.06. The van der Waals surface area contributed by atoms with E-state index in [1.54, 1.807) is 0 Å². The molecule has 0 amide bonds. The molecule has 0 spiro atoms. The molecule has 0 saturated carbocycles. The summed E-state index contributed by atoms with van der Waals surface area (Å²) < 4.78 is 140. The Morgan fingerprint density at radius 3 is 1.80 bits per heavy atom. The first-order valence-electron chi connectivity index (χ1n) is 6.11. The van der Waals surface area contributed by atoms with Gasteiger partial charge in [-0.1, -0.05) is 6.58 Å². The van der Waals surface area contributed by atoms with Crippen LogP contribution < -0.4 is 0 Å². The normalized spacial score (nSPS) is 14.3. The molecule has 0 bridgehead atoms. The average Bonchev–Trinajstić information content (AvgIpc) is 2.43. The van der Waals surface area contributed by atoms with Gasteiger partial charge in [0.25, 0.3) is 0 Å². The highest BCUT2D eigenvalue weighted by Gasteiger charge is 2.81. The van der Waals surface area contributed by atoms with Gasteiger partial charge in [-0.3, -0.25) is 0 Å². The number of ether oxygens (including phenoxy) is 1. The van der Waals surface area contributed by atoms with Crippen LogP contribution in [0, 0.1) is 0 Å². The number of rotatable bonds is 9. The quantitative estimate of drug-likeness (QED) is 0.333. The minimum atomic E-state index is -7.08. The molecule has 0 heterocycles. The van der Waals surface area contributed by atoms with Gasteiger partial charge in [-0.05, 0) is 0 Å². The van der Waals surface area contributed by atoms with Crippen molar-refractivity contribution < 1.29 is 57.5 Å². The molecule has 0 aromatic carbocycles. The Labute approximate surface area is 135 Å². The van der Waals surface area contributed by atoms with Crippen LogP contribution in [-0.4, -0.2) is 56.4 Å². The zero-order valence-electron chi connectivity index (χ0n) is 12.1. The van der Waals surface area contributed by atoms with Crippen LogP contribution in [-0.2, 0) is 19.4 Å². The largest absolute Gasteiger partial charge is 0.461 e. The fourth-order valence-corrected chi connectivity index (χ4v) is 2.39. The lowest BCUT2D eigenvalue weighted by molar-refractivity contribution is -0.396. The number of carbonyl (C=O) groups excluding carboxylic acids is 1. The van der Waals surface area contributed by atoms with Crippen LogP contribution in [0.4, 0.5) is 39.5 Å². The molecule has 0 aliphatic rings. The molecule has 0 aliphatic heterocycles. The number of halogens is 9. The van der Waals surface area contributed by atoms with E-state index in [1.807, 2.05) is 0 Å². The topological polar surface area (TPSA) is 60.4 Å². The molecular formula is C11H11F9O4S. The van der Waals surface area contributed by atoms with Crippen LogP contribution >= 0.6 is 0 Å². The van der Waals surface area contributed by atoms with E-state index in [9.17, 15) is 52.7 Å². The van der Waals surface area contributed by atoms with Crippen molar-refractivity contribution in [1.82, 2.24) is 0 Å². The fourth-order valence-electron chi connectivity index (χ4n) is 1.28. The third kappa shape index (κ3) is 5.51. The summed E-state index contributed by atoms with van der Waals surface area (Å²) in [5.41, 5.74) is 0. The monoisotopic (exact) mass is 410 g/mol. The summed E-state index contributed by atoms with van der Waals surface area (Å²) >= 11 is 0. The van der Waals surface area contributed by atoms with Gasteiger partial charge in [0.05, 0.1) is 11.5 Å². The lowest BCUT2D eigenvalue weighted by Gasteiger charge is -2.33.